The van der Waals surface area contributed by atoms with Gasteiger partial charge < -0.3 is 14.7 Å². The lowest BCUT2D eigenvalue weighted by atomic mass is 10.0. The number of rotatable bonds is 3. The van der Waals surface area contributed by atoms with Gasteiger partial charge in [-0.25, -0.2) is 0 Å². The summed E-state index contributed by atoms with van der Waals surface area (Å²) < 4.78 is 43.4. The van der Waals surface area contributed by atoms with Gasteiger partial charge in [-0.15, -0.1) is 0 Å². The van der Waals surface area contributed by atoms with Crippen molar-refractivity contribution in [1.29, 1.82) is 0 Å². The van der Waals surface area contributed by atoms with Crippen LogP contribution in [-0.2, 0) is 11.2 Å². The molecular formula is C14H15ClF3NO3. The Morgan fingerprint density at radius 2 is 2.18 bits per heavy atom. The van der Waals surface area contributed by atoms with Crippen LogP contribution in [0, 0.1) is 0 Å². The van der Waals surface area contributed by atoms with Crippen LogP contribution in [0.2, 0.25) is 5.02 Å². The molecule has 1 aliphatic heterocycles. The fourth-order valence-electron chi connectivity index (χ4n) is 2.40. The molecule has 1 atom stereocenters. The Morgan fingerprint density at radius 3 is 2.73 bits per heavy atom. The Labute approximate surface area is 130 Å². The number of nitrogens with zero attached hydrogens (tertiary/aromatic N) is 1. The van der Waals surface area contributed by atoms with Gasteiger partial charge >= 0.3 is 6.18 Å². The quantitative estimate of drug-likeness (QED) is 0.921. The van der Waals surface area contributed by atoms with E-state index in [9.17, 15) is 23.1 Å². The highest BCUT2D eigenvalue weighted by Gasteiger charge is 2.57. The lowest BCUT2D eigenvalue weighted by Gasteiger charge is -2.26. The average Bonchev–Trinajstić information content (AvgIpc) is 2.84. The summed E-state index contributed by atoms with van der Waals surface area (Å²) in [5, 5.41) is 9.90. The molecule has 122 valence electrons. The molecule has 1 N–H and O–H groups in total. The Morgan fingerprint density at radius 1 is 1.50 bits per heavy atom. The van der Waals surface area contributed by atoms with E-state index in [2.05, 4.69) is 0 Å². The molecule has 0 unspecified atom stereocenters. The Bertz CT molecular complexity index is 579. The normalized spacial score (nSPS) is 22.0. The van der Waals surface area contributed by atoms with E-state index in [1.807, 2.05) is 0 Å². The number of hydrogen-bond donors (Lipinski definition) is 1. The van der Waals surface area contributed by atoms with Crippen molar-refractivity contribution in [3.63, 3.8) is 0 Å². The molecule has 0 radical (unpaired) electrons. The van der Waals surface area contributed by atoms with Gasteiger partial charge in [0, 0.05) is 23.6 Å². The van der Waals surface area contributed by atoms with Crippen molar-refractivity contribution < 1.29 is 27.8 Å². The summed E-state index contributed by atoms with van der Waals surface area (Å²) in [6.07, 6.45) is -5.47. The minimum atomic E-state index is -4.76. The molecular weight excluding hydrogens is 323 g/mol. The molecule has 1 fully saturated rings. The molecule has 4 nitrogen and oxygen atoms in total. The second kappa shape index (κ2) is 5.96. The van der Waals surface area contributed by atoms with Crippen LogP contribution in [0.3, 0.4) is 0 Å². The number of carbonyl (C=O) groups is 1. The van der Waals surface area contributed by atoms with Gasteiger partial charge in [0.15, 0.2) is 5.60 Å². The molecule has 1 amide bonds. The van der Waals surface area contributed by atoms with E-state index in [-0.39, 0.29) is 13.0 Å². The molecule has 0 spiro atoms. The van der Waals surface area contributed by atoms with Crippen molar-refractivity contribution in [3.8, 4) is 5.75 Å². The molecule has 22 heavy (non-hydrogen) atoms. The first-order valence-corrected chi connectivity index (χ1v) is 6.94. The van der Waals surface area contributed by atoms with Crippen LogP contribution in [0.1, 0.15) is 12.0 Å². The SMILES string of the molecule is COc1cccc(Cl)c1CC(=O)N1CC[C@](O)(C(F)(F)F)C1. The van der Waals surface area contributed by atoms with Gasteiger partial charge in [0.2, 0.25) is 5.91 Å². The fraction of sp³-hybridized carbons (Fsp3) is 0.500. The molecule has 0 bridgehead atoms. The van der Waals surface area contributed by atoms with E-state index in [0.717, 1.165) is 4.90 Å². The zero-order valence-electron chi connectivity index (χ0n) is 11.8. The predicted octanol–water partition coefficient (Wildman–Crippen LogP) is 2.42. The first-order valence-electron chi connectivity index (χ1n) is 6.56. The van der Waals surface area contributed by atoms with Crippen molar-refractivity contribution >= 4 is 17.5 Å². The lowest BCUT2D eigenvalue weighted by Crippen LogP contribution is -2.48. The number of hydrogen-bond acceptors (Lipinski definition) is 3. The van der Waals surface area contributed by atoms with Crippen LogP contribution in [0.5, 0.6) is 5.75 Å². The number of halogens is 4. The standard InChI is InChI=1S/C14H15ClF3NO3/c1-22-11-4-2-3-10(15)9(11)7-12(20)19-6-5-13(21,8-19)14(16,17)18/h2-4,21H,5-8H2,1H3/t13-/m1/s1. The maximum Gasteiger partial charge on any atom is 0.419 e. The van der Waals surface area contributed by atoms with E-state index in [0.29, 0.717) is 16.3 Å². The minimum absolute atomic E-state index is 0.151. The largest absolute Gasteiger partial charge is 0.496 e. The van der Waals surface area contributed by atoms with Crippen LogP contribution in [0.25, 0.3) is 0 Å². The van der Waals surface area contributed by atoms with Crippen molar-refractivity contribution in [2.24, 2.45) is 0 Å². The Kier molecular flexibility index (Phi) is 4.58. The number of methoxy groups -OCH3 is 1. The highest BCUT2D eigenvalue weighted by atomic mass is 35.5. The number of aliphatic hydroxyl groups is 1. The molecule has 2 rings (SSSR count). The first-order chi connectivity index (χ1) is 10.2. The summed E-state index contributed by atoms with van der Waals surface area (Å²) in [6, 6.07) is 4.83. The van der Waals surface area contributed by atoms with Crippen LogP contribution >= 0.6 is 11.6 Å². The lowest BCUT2D eigenvalue weighted by molar-refractivity contribution is -0.253. The van der Waals surface area contributed by atoms with E-state index in [1.165, 1.54) is 7.11 Å². The van der Waals surface area contributed by atoms with Gasteiger partial charge in [-0.2, -0.15) is 13.2 Å². The third-order valence-electron chi connectivity index (χ3n) is 3.75. The average molecular weight is 338 g/mol. The Balaban J connectivity index is 2.12. The fourth-order valence-corrected chi connectivity index (χ4v) is 2.64. The van der Waals surface area contributed by atoms with Gasteiger partial charge in [0.1, 0.15) is 5.75 Å². The molecule has 0 aliphatic carbocycles. The van der Waals surface area contributed by atoms with Gasteiger partial charge in [0.05, 0.1) is 20.1 Å². The van der Waals surface area contributed by atoms with Crippen LogP contribution in [0.15, 0.2) is 18.2 Å². The summed E-state index contributed by atoms with van der Waals surface area (Å²) >= 11 is 6.01. The maximum atomic E-state index is 12.8. The number of ether oxygens (including phenoxy) is 1. The van der Waals surface area contributed by atoms with Gasteiger partial charge in [-0.3, -0.25) is 4.79 Å². The first kappa shape index (κ1) is 16.9. The Hall–Kier alpha value is -1.47. The van der Waals surface area contributed by atoms with Crippen LogP contribution in [0.4, 0.5) is 13.2 Å². The summed E-state index contributed by atoms with van der Waals surface area (Å²) in [7, 11) is 1.41. The van der Waals surface area contributed by atoms with E-state index in [1.54, 1.807) is 18.2 Å². The van der Waals surface area contributed by atoms with E-state index >= 15 is 0 Å². The maximum absolute atomic E-state index is 12.8. The highest BCUT2D eigenvalue weighted by molar-refractivity contribution is 6.31. The van der Waals surface area contributed by atoms with Gasteiger partial charge in [-0.05, 0) is 12.1 Å². The van der Waals surface area contributed by atoms with Crippen LogP contribution in [-0.4, -0.2) is 47.9 Å². The second-order valence-electron chi connectivity index (χ2n) is 5.19. The van der Waals surface area contributed by atoms with Crippen molar-refractivity contribution in [3.05, 3.63) is 28.8 Å². The number of likely N-dealkylation sites (tertiary alicyclic amines) is 1. The van der Waals surface area contributed by atoms with Crippen LogP contribution < -0.4 is 4.74 Å². The number of carbonyl (C=O) groups excluding carboxylic acids is 1. The predicted molar refractivity (Wildman–Crippen MR) is 73.9 cm³/mol. The van der Waals surface area contributed by atoms with Gasteiger partial charge in [-0.1, -0.05) is 17.7 Å². The zero-order chi connectivity index (χ0) is 16.5. The molecule has 1 heterocycles. The number of amides is 1. The second-order valence-corrected chi connectivity index (χ2v) is 5.60. The number of alkyl halides is 3. The third-order valence-corrected chi connectivity index (χ3v) is 4.11. The molecule has 1 aliphatic rings. The van der Waals surface area contributed by atoms with Crippen molar-refractivity contribution in [2.45, 2.75) is 24.6 Å². The monoisotopic (exact) mass is 337 g/mol. The topological polar surface area (TPSA) is 49.8 Å². The van der Waals surface area contributed by atoms with Crippen molar-refractivity contribution in [2.75, 3.05) is 20.2 Å². The summed E-state index contributed by atoms with van der Waals surface area (Å²) in [5.41, 5.74) is -2.42. The summed E-state index contributed by atoms with van der Waals surface area (Å²) in [5.74, 6) is -0.141. The summed E-state index contributed by atoms with van der Waals surface area (Å²) in [6.45, 7) is -0.913. The number of benzene rings is 1. The molecule has 1 aromatic carbocycles. The van der Waals surface area contributed by atoms with E-state index < -0.39 is 30.7 Å². The number of β-amino-alcohol motifs (C(OH)–C–C–N with tert-alkyl or cyclic N) is 1. The van der Waals surface area contributed by atoms with Crippen molar-refractivity contribution in [1.82, 2.24) is 4.90 Å². The molecule has 8 heteroatoms. The highest BCUT2D eigenvalue weighted by Crippen LogP contribution is 2.38. The molecule has 1 saturated heterocycles. The minimum Gasteiger partial charge on any atom is -0.496 e. The molecule has 1 aromatic rings. The zero-order valence-corrected chi connectivity index (χ0v) is 12.5. The van der Waals surface area contributed by atoms with Gasteiger partial charge in [0.25, 0.3) is 0 Å². The summed E-state index contributed by atoms with van der Waals surface area (Å²) in [4.78, 5) is 13.2. The third kappa shape index (κ3) is 3.15. The molecule has 0 aromatic heterocycles. The van der Waals surface area contributed by atoms with E-state index in [4.69, 9.17) is 16.3 Å². The molecule has 0 saturated carbocycles. The smallest absolute Gasteiger partial charge is 0.419 e.